The first-order valence-corrected chi connectivity index (χ1v) is 4.83. The van der Waals surface area contributed by atoms with Crippen LogP contribution in [0.1, 0.15) is 0 Å². The van der Waals surface area contributed by atoms with E-state index in [9.17, 15) is 10.1 Å². The van der Waals surface area contributed by atoms with Crippen LogP contribution in [0.4, 0.5) is 5.88 Å². The van der Waals surface area contributed by atoms with Crippen LogP contribution < -0.4 is 0 Å². The Morgan fingerprint density at radius 3 is 2.65 bits per heavy atom. The number of nitrogens with one attached hydrogen (secondary N) is 1. The maximum atomic E-state index is 9.77. The van der Waals surface area contributed by atoms with Crippen molar-refractivity contribution in [2.24, 2.45) is 0 Å². The van der Waals surface area contributed by atoms with Gasteiger partial charge in [-0.05, 0) is 18.2 Å². The molecule has 0 aliphatic heterocycles. The van der Waals surface area contributed by atoms with E-state index in [1.807, 2.05) is 24.3 Å². The smallest absolute Gasteiger partial charge is 0.409 e. The number of para-hydroxylation sites is 2. The SMILES string of the molecule is O=[N+]([O-])c1ccco1.c1ccc2[nH]cnc2c1. The monoisotopic (exact) mass is 231 g/mol. The molecule has 1 aromatic carbocycles. The minimum atomic E-state index is -0.583. The van der Waals surface area contributed by atoms with E-state index in [1.54, 1.807) is 6.33 Å². The van der Waals surface area contributed by atoms with Gasteiger partial charge in [-0.25, -0.2) is 4.98 Å². The fourth-order valence-electron chi connectivity index (χ4n) is 1.25. The number of fused-ring (bicyclic) bond motifs is 1. The molecule has 3 rings (SSSR count). The van der Waals surface area contributed by atoms with Crippen molar-refractivity contribution in [3.63, 3.8) is 0 Å². The van der Waals surface area contributed by atoms with Gasteiger partial charge in [0.05, 0.1) is 29.7 Å². The molecule has 0 atom stereocenters. The lowest BCUT2D eigenvalue weighted by Crippen LogP contribution is -1.81. The molecule has 6 heteroatoms. The number of nitro groups is 1. The molecule has 6 nitrogen and oxygen atoms in total. The van der Waals surface area contributed by atoms with Crippen LogP contribution in [-0.4, -0.2) is 14.9 Å². The Hall–Kier alpha value is -2.63. The number of imidazole rings is 1. The summed E-state index contributed by atoms with van der Waals surface area (Å²) in [4.78, 5) is 16.3. The summed E-state index contributed by atoms with van der Waals surface area (Å²) in [6.45, 7) is 0. The summed E-state index contributed by atoms with van der Waals surface area (Å²) < 4.78 is 4.40. The zero-order chi connectivity index (χ0) is 12.1. The minimum Gasteiger partial charge on any atom is -0.409 e. The number of hydrogen-bond acceptors (Lipinski definition) is 4. The standard InChI is InChI=1S/C7H6N2.C4H3NO3/c1-2-4-7-6(3-1)8-5-9-7;6-5(7)4-2-1-3-8-4/h1-5H,(H,8,9);1-3H. The van der Waals surface area contributed by atoms with E-state index in [1.165, 1.54) is 18.4 Å². The van der Waals surface area contributed by atoms with Gasteiger partial charge < -0.3 is 9.40 Å². The van der Waals surface area contributed by atoms with E-state index in [0.29, 0.717) is 0 Å². The van der Waals surface area contributed by atoms with Crippen molar-refractivity contribution in [2.75, 3.05) is 0 Å². The number of aromatic amines is 1. The first kappa shape index (κ1) is 10.9. The van der Waals surface area contributed by atoms with E-state index < -0.39 is 4.92 Å². The fourth-order valence-corrected chi connectivity index (χ4v) is 1.25. The zero-order valence-corrected chi connectivity index (χ0v) is 8.74. The maximum Gasteiger partial charge on any atom is 0.432 e. The van der Waals surface area contributed by atoms with Crippen molar-refractivity contribution in [2.45, 2.75) is 0 Å². The van der Waals surface area contributed by atoms with Gasteiger partial charge in [-0.15, -0.1) is 0 Å². The van der Waals surface area contributed by atoms with Crippen LogP contribution in [0.3, 0.4) is 0 Å². The van der Waals surface area contributed by atoms with Gasteiger partial charge in [-0.3, -0.25) is 10.1 Å². The van der Waals surface area contributed by atoms with Gasteiger partial charge in [0.2, 0.25) is 0 Å². The second kappa shape index (κ2) is 4.93. The first-order valence-electron chi connectivity index (χ1n) is 4.83. The number of aromatic nitrogens is 2. The Morgan fingerprint density at radius 1 is 1.24 bits per heavy atom. The van der Waals surface area contributed by atoms with E-state index in [-0.39, 0.29) is 5.88 Å². The number of hydrogen-bond donors (Lipinski definition) is 1. The van der Waals surface area contributed by atoms with E-state index in [2.05, 4.69) is 14.4 Å². The molecule has 0 aliphatic rings. The van der Waals surface area contributed by atoms with Gasteiger partial charge in [0, 0.05) is 0 Å². The third-order valence-electron chi connectivity index (χ3n) is 2.01. The van der Waals surface area contributed by atoms with Crippen LogP contribution in [-0.2, 0) is 0 Å². The molecule has 0 radical (unpaired) electrons. The van der Waals surface area contributed by atoms with E-state index >= 15 is 0 Å². The molecule has 0 saturated heterocycles. The summed E-state index contributed by atoms with van der Waals surface area (Å²) in [6.07, 6.45) is 2.96. The van der Waals surface area contributed by atoms with Gasteiger partial charge in [-0.2, -0.15) is 0 Å². The Labute approximate surface area is 96.1 Å². The Bertz CT molecular complexity index is 571. The van der Waals surface area contributed by atoms with Crippen molar-refractivity contribution < 1.29 is 9.34 Å². The quantitative estimate of drug-likeness (QED) is 0.515. The fraction of sp³-hybridized carbons (Fsp3) is 0. The number of rotatable bonds is 1. The Morgan fingerprint density at radius 2 is 2.06 bits per heavy atom. The minimum absolute atomic E-state index is 0.218. The van der Waals surface area contributed by atoms with Crippen molar-refractivity contribution in [3.05, 3.63) is 59.1 Å². The summed E-state index contributed by atoms with van der Waals surface area (Å²) in [5, 5.41) is 9.77. The second-order valence-corrected chi connectivity index (χ2v) is 3.13. The zero-order valence-electron chi connectivity index (χ0n) is 8.74. The lowest BCUT2D eigenvalue weighted by atomic mass is 10.3. The van der Waals surface area contributed by atoms with Crippen molar-refractivity contribution in [1.29, 1.82) is 0 Å². The summed E-state index contributed by atoms with van der Waals surface area (Å²) in [5.74, 6) is -0.218. The summed E-state index contributed by atoms with van der Waals surface area (Å²) in [7, 11) is 0. The molecule has 3 aromatic rings. The highest BCUT2D eigenvalue weighted by Gasteiger charge is 2.04. The Kier molecular flexibility index (Phi) is 3.15. The third kappa shape index (κ3) is 2.69. The molecular formula is C11H9N3O3. The molecule has 2 heterocycles. The van der Waals surface area contributed by atoms with Gasteiger partial charge in [0.1, 0.15) is 4.92 Å². The molecule has 0 spiro atoms. The highest BCUT2D eigenvalue weighted by molar-refractivity contribution is 5.73. The largest absolute Gasteiger partial charge is 0.432 e. The predicted molar refractivity (Wildman–Crippen MR) is 61.5 cm³/mol. The summed E-state index contributed by atoms with van der Waals surface area (Å²) in [5.41, 5.74) is 2.12. The van der Waals surface area contributed by atoms with Crippen LogP contribution in [0.5, 0.6) is 0 Å². The van der Waals surface area contributed by atoms with Crippen molar-refractivity contribution >= 4 is 16.9 Å². The average Bonchev–Trinajstić information content (AvgIpc) is 3.01. The molecule has 1 N–H and O–H groups in total. The van der Waals surface area contributed by atoms with Crippen LogP contribution >= 0.6 is 0 Å². The molecule has 0 unspecified atom stereocenters. The molecule has 0 aliphatic carbocycles. The number of benzene rings is 1. The normalized spacial score (nSPS) is 9.65. The topological polar surface area (TPSA) is 85.0 Å². The highest BCUT2D eigenvalue weighted by Crippen LogP contribution is 2.08. The molecule has 0 saturated carbocycles. The molecule has 0 fully saturated rings. The van der Waals surface area contributed by atoms with Crippen LogP contribution in [0.15, 0.2) is 53.4 Å². The highest BCUT2D eigenvalue weighted by atomic mass is 16.6. The van der Waals surface area contributed by atoms with E-state index in [4.69, 9.17) is 0 Å². The lowest BCUT2D eigenvalue weighted by Gasteiger charge is -1.81. The van der Waals surface area contributed by atoms with Crippen LogP contribution in [0, 0.1) is 10.1 Å². The summed E-state index contributed by atoms with van der Waals surface area (Å²) in [6, 6.07) is 10.7. The van der Waals surface area contributed by atoms with Crippen LogP contribution in [0.2, 0.25) is 0 Å². The number of H-pyrrole nitrogens is 1. The van der Waals surface area contributed by atoms with Gasteiger partial charge >= 0.3 is 5.88 Å². The second-order valence-electron chi connectivity index (χ2n) is 3.13. The number of furan rings is 1. The molecule has 0 amide bonds. The maximum absolute atomic E-state index is 9.77. The predicted octanol–water partition coefficient (Wildman–Crippen LogP) is 2.75. The molecule has 0 bridgehead atoms. The van der Waals surface area contributed by atoms with Gasteiger partial charge in [0.15, 0.2) is 0 Å². The van der Waals surface area contributed by atoms with Gasteiger partial charge in [0.25, 0.3) is 0 Å². The lowest BCUT2D eigenvalue weighted by molar-refractivity contribution is -0.402. The molecular weight excluding hydrogens is 222 g/mol. The summed E-state index contributed by atoms with van der Waals surface area (Å²) >= 11 is 0. The van der Waals surface area contributed by atoms with Crippen LogP contribution in [0.25, 0.3) is 11.0 Å². The first-order chi connectivity index (χ1) is 8.27. The molecule has 2 aromatic heterocycles. The van der Waals surface area contributed by atoms with Crippen molar-refractivity contribution in [1.82, 2.24) is 9.97 Å². The third-order valence-corrected chi connectivity index (χ3v) is 2.01. The number of nitrogens with zero attached hydrogens (tertiary/aromatic N) is 2. The molecule has 86 valence electrons. The van der Waals surface area contributed by atoms with E-state index in [0.717, 1.165) is 11.0 Å². The van der Waals surface area contributed by atoms with Gasteiger partial charge in [-0.1, -0.05) is 12.1 Å². The van der Waals surface area contributed by atoms with Crippen molar-refractivity contribution in [3.8, 4) is 0 Å². The molecule has 17 heavy (non-hydrogen) atoms. The average molecular weight is 231 g/mol. The Balaban J connectivity index is 0.000000128.